The van der Waals surface area contributed by atoms with E-state index in [0.717, 1.165) is 29.7 Å². The van der Waals surface area contributed by atoms with Crippen LogP contribution in [0.15, 0.2) is 0 Å². The third kappa shape index (κ3) is 1.90. The number of likely N-dealkylation sites (tertiary alicyclic amines) is 1. The minimum atomic E-state index is 0.524. The van der Waals surface area contributed by atoms with Crippen molar-refractivity contribution >= 4 is 0 Å². The van der Waals surface area contributed by atoms with Gasteiger partial charge in [-0.1, -0.05) is 13.3 Å². The van der Waals surface area contributed by atoms with Crippen LogP contribution in [0.4, 0.5) is 0 Å². The first kappa shape index (κ1) is 12.6. The monoisotopic (exact) mass is 262 g/mol. The van der Waals surface area contributed by atoms with Crippen LogP contribution in [0, 0.1) is 23.7 Å². The Morgan fingerprint density at radius 2 is 2.05 bits per heavy atom. The first-order valence-electron chi connectivity index (χ1n) is 8.63. The van der Waals surface area contributed by atoms with Crippen molar-refractivity contribution < 1.29 is 0 Å². The van der Waals surface area contributed by atoms with E-state index in [2.05, 4.69) is 24.2 Å². The van der Waals surface area contributed by atoms with Crippen LogP contribution in [0.1, 0.15) is 51.9 Å². The fourth-order valence-electron chi connectivity index (χ4n) is 6.21. The average molecular weight is 262 g/mol. The topological polar surface area (TPSA) is 15.3 Å². The molecule has 6 atom stereocenters. The van der Waals surface area contributed by atoms with Gasteiger partial charge in [-0.25, -0.2) is 0 Å². The van der Waals surface area contributed by atoms with E-state index in [0.29, 0.717) is 5.54 Å². The lowest BCUT2D eigenvalue weighted by Gasteiger charge is -2.61. The first-order valence-corrected chi connectivity index (χ1v) is 8.63. The zero-order valence-corrected chi connectivity index (χ0v) is 12.7. The largest absolute Gasteiger partial charge is 0.311 e. The predicted molar refractivity (Wildman–Crippen MR) is 79.1 cm³/mol. The third-order valence-corrected chi connectivity index (χ3v) is 7.01. The smallest absolute Gasteiger partial charge is 0.0224 e. The van der Waals surface area contributed by atoms with Gasteiger partial charge in [0.05, 0.1) is 0 Å². The van der Waals surface area contributed by atoms with Crippen molar-refractivity contribution in [2.24, 2.45) is 23.7 Å². The molecule has 2 saturated heterocycles. The van der Waals surface area contributed by atoms with Gasteiger partial charge >= 0.3 is 0 Å². The highest BCUT2D eigenvalue weighted by molar-refractivity contribution is 5.10. The number of nitrogens with one attached hydrogen (secondary N) is 1. The lowest BCUT2D eigenvalue weighted by molar-refractivity contribution is -0.0889. The van der Waals surface area contributed by atoms with Crippen molar-refractivity contribution in [3.05, 3.63) is 0 Å². The summed E-state index contributed by atoms with van der Waals surface area (Å²) in [6.45, 7) is 5.12. The minimum Gasteiger partial charge on any atom is -0.311 e. The zero-order chi connectivity index (χ0) is 13.0. The van der Waals surface area contributed by atoms with Crippen molar-refractivity contribution in [1.82, 2.24) is 10.2 Å². The van der Waals surface area contributed by atoms with Gasteiger partial charge in [0.1, 0.15) is 0 Å². The summed E-state index contributed by atoms with van der Waals surface area (Å²) in [6.07, 6.45) is 10.3. The normalized spacial score (nSPS) is 54.3. The lowest BCUT2D eigenvalue weighted by atomic mass is 9.53. The number of fused-ring (bicyclic) bond motifs is 2. The molecule has 0 amide bonds. The molecule has 0 aromatic heterocycles. The van der Waals surface area contributed by atoms with Crippen LogP contribution in [0.2, 0.25) is 0 Å². The van der Waals surface area contributed by atoms with E-state index in [9.17, 15) is 0 Å². The van der Waals surface area contributed by atoms with Crippen LogP contribution in [0.5, 0.6) is 0 Å². The molecule has 1 N–H and O–H groups in total. The maximum atomic E-state index is 4.00. The molecule has 2 saturated carbocycles. The van der Waals surface area contributed by atoms with Gasteiger partial charge in [0.2, 0.25) is 0 Å². The molecule has 0 aromatic carbocycles. The van der Waals surface area contributed by atoms with Gasteiger partial charge < -0.3 is 10.2 Å². The Morgan fingerprint density at radius 1 is 1.16 bits per heavy atom. The van der Waals surface area contributed by atoms with Crippen molar-refractivity contribution in [2.75, 3.05) is 20.1 Å². The Balaban J connectivity index is 1.65. The molecular formula is C17H30N2. The standard InChI is InChI=1S/C17H30N2/c1-12-7-13-10-17(5-3-4-6-18-17)14-9-15(13)16(8-12)19(2)11-14/h12-16,18H,3-11H2,1-2H3/t12-,13+,14-,15-,16+,17+/m0/s1. The summed E-state index contributed by atoms with van der Waals surface area (Å²) < 4.78 is 0. The molecule has 4 rings (SSSR count). The van der Waals surface area contributed by atoms with E-state index < -0.39 is 0 Å². The second-order valence-corrected chi connectivity index (χ2v) is 8.18. The number of hydrogen-bond donors (Lipinski definition) is 1. The molecule has 0 radical (unpaired) electrons. The van der Waals surface area contributed by atoms with Crippen molar-refractivity contribution in [2.45, 2.75) is 63.5 Å². The number of rotatable bonds is 0. The lowest BCUT2D eigenvalue weighted by Crippen LogP contribution is -2.67. The molecule has 4 fully saturated rings. The molecule has 4 aliphatic rings. The van der Waals surface area contributed by atoms with E-state index in [4.69, 9.17) is 0 Å². The Labute approximate surface area is 118 Å². The van der Waals surface area contributed by atoms with E-state index in [1.807, 2.05) is 0 Å². The highest BCUT2D eigenvalue weighted by atomic mass is 15.2. The molecular weight excluding hydrogens is 232 g/mol. The molecule has 2 heterocycles. The van der Waals surface area contributed by atoms with Gasteiger partial charge in [-0.3, -0.25) is 0 Å². The zero-order valence-electron chi connectivity index (χ0n) is 12.7. The fourth-order valence-corrected chi connectivity index (χ4v) is 6.21. The second kappa shape index (κ2) is 4.46. The average Bonchev–Trinajstić information content (AvgIpc) is 2.40. The number of hydrogen-bond acceptors (Lipinski definition) is 2. The van der Waals surface area contributed by atoms with Crippen LogP contribution >= 0.6 is 0 Å². The summed E-state index contributed by atoms with van der Waals surface area (Å²) >= 11 is 0. The van der Waals surface area contributed by atoms with Crippen LogP contribution in [0.3, 0.4) is 0 Å². The SMILES string of the molecule is C[C@H]1C[C@@H]2C[C@]3(CCCCN3)[C@H]3C[C@@H]2[C@@H](C1)N(C)C3. The van der Waals surface area contributed by atoms with Crippen molar-refractivity contribution in [3.8, 4) is 0 Å². The van der Waals surface area contributed by atoms with Crippen LogP contribution < -0.4 is 5.32 Å². The molecule has 0 aromatic rings. The fraction of sp³-hybridized carbons (Fsp3) is 1.00. The molecule has 0 unspecified atom stereocenters. The maximum Gasteiger partial charge on any atom is 0.0224 e. The molecule has 2 heteroatoms. The summed E-state index contributed by atoms with van der Waals surface area (Å²) in [5.74, 6) is 3.92. The van der Waals surface area contributed by atoms with Gasteiger partial charge in [-0.05, 0) is 75.8 Å². The highest BCUT2D eigenvalue weighted by Crippen LogP contribution is 2.54. The quantitative estimate of drug-likeness (QED) is 0.722. The van der Waals surface area contributed by atoms with Gasteiger partial charge in [-0.2, -0.15) is 0 Å². The first-order chi connectivity index (χ1) is 9.18. The van der Waals surface area contributed by atoms with Crippen molar-refractivity contribution in [3.63, 3.8) is 0 Å². The molecule has 108 valence electrons. The van der Waals surface area contributed by atoms with E-state index >= 15 is 0 Å². The van der Waals surface area contributed by atoms with E-state index in [-0.39, 0.29) is 0 Å². The van der Waals surface area contributed by atoms with E-state index in [1.54, 1.807) is 0 Å². The molecule has 2 bridgehead atoms. The summed E-state index contributed by atoms with van der Waals surface area (Å²) in [5, 5.41) is 4.00. The van der Waals surface area contributed by atoms with Gasteiger partial charge in [0.25, 0.3) is 0 Å². The highest BCUT2D eigenvalue weighted by Gasteiger charge is 2.54. The van der Waals surface area contributed by atoms with Gasteiger partial charge in [0, 0.05) is 18.1 Å². The van der Waals surface area contributed by atoms with Crippen molar-refractivity contribution in [1.29, 1.82) is 0 Å². The van der Waals surface area contributed by atoms with Gasteiger partial charge in [-0.15, -0.1) is 0 Å². The number of piperidine rings is 2. The number of nitrogens with zero attached hydrogens (tertiary/aromatic N) is 1. The summed E-state index contributed by atoms with van der Waals surface area (Å²) in [4.78, 5) is 2.73. The Hall–Kier alpha value is -0.0800. The van der Waals surface area contributed by atoms with E-state index in [1.165, 1.54) is 58.0 Å². The second-order valence-electron chi connectivity index (χ2n) is 8.18. The molecule has 2 aliphatic carbocycles. The Kier molecular flexibility index (Phi) is 2.97. The molecule has 2 aliphatic heterocycles. The maximum absolute atomic E-state index is 4.00. The minimum absolute atomic E-state index is 0.524. The molecule has 19 heavy (non-hydrogen) atoms. The summed E-state index contributed by atoms with van der Waals surface area (Å²) in [6, 6.07) is 0.908. The molecule has 1 spiro atoms. The summed E-state index contributed by atoms with van der Waals surface area (Å²) in [5.41, 5.74) is 0.524. The van der Waals surface area contributed by atoms with Gasteiger partial charge in [0.15, 0.2) is 0 Å². The summed E-state index contributed by atoms with van der Waals surface area (Å²) in [7, 11) is 2.40. The third-order valence-electron chi connectivity index (χ3n) is 7.01. The van der Waals surface area contributed by atoms with Crippen LogP contribution in [-0.4, -0.2) is 36.6 Å². The Bertz CT molecular complexity index is 347. The Morgan fingerprint density at radius 3 is 2.84 bits per heavy atom. The predicted octanol–water partition coefficient (Wildman–Crippen LogP) is 2.89. The molecule has 2 nitrogen and oxygen atoms in total. The van der Waals surface area contributed by atoms with Crippen LogP contribution in [0.25, 0.3) is 0 Å². The van der Waals surface area contributed by atoms with Crippen LogP contribution in [-0.2, 0) is 0 Å².